The zero-order valence-electron chi connectivity index (χ0n) is 25.1. The first-order chi connectivity index (χ1) is 19.2. The molecule has 0 aliphatic heterocycles. The van der Waals surface area contributed by atoms with Crippen LogP contribution >= 0.6 is 0 Å². The van der Waals surface area contributed by atoms with E-state index in [0.717, 1.165) is 41.7 Å². The molecule has 0 fully saturated rings. The molecule has 3 nitrogen and oxygen atoms in total. The SMILES string of the molecule is CCCCCCCCCCCn1c(-c2ccc[n+](CCCCCCCCCCC)c2)cc(=O)c2ccccc21. The van der Waals surface area contributed by atoms with Gasteiger partial charge in [0, 0.05) is 30.5 Å². The van der Waals surface area contributed by atoms with Crippen molar-refractivity contribution in [3.63, 3.8) is 0 Å². The van der Waals surface area contributed by atoms with Crippen molar-refractivity contribution in [3.05, 3.63) is 65.1 Å². The van der Waals surface area contributed by atoms with Crippen molar-refractivity contribution in [3.8, 4) is 11.3 Å². The fourth-order valence-electron chi connectivity index (χ4n) is 5.81. The van der Waals surface area contributed by atoms with Gasteiger partial charge in [-0.2, -0.15) is 0 Å². The fraction of sp³-hybridized carbons (Fsp3) is 0.611. The topological polar surface area (TPSA) is 25.9 Å². The summed E-state index contributed by atoms with van der Waals surface area (Å²) >= 11 is 0. The van der Waals surface area contributed by atoms with Gasteiger partial charge in [0.15, 0.2) is 17.8 Å². The molecule has 3 heteroatoms. The van der Waals surface area contributed by atoms with E-state index < -0.39 is 0 Å². The molecular weight excluding hydrogens is 476 g/mol. The van der Waals surface area contributed by atoms with Crippen LogP contribution in [0.5, 0.6) is 0 Å². The molecule has 0 spiro atoms. The van der Waals surface area contributed by atoms with Crippen LogP contribution in [-0.4, -0.2) is 4.57 Å². The number of benzene rings is 1. The maximum atomic E-state index is 13.1. The van der Waals surface area contributed by atoms with Crippen LogP contribution in [-0.2, 0) is 13.1 Å². The number of aromatic nitrogens is 2. The molecule has 0 bridgehead atoms. The molecule has 0 saturated heterocycles. The van der Waals surface area contributed by atoms with Gasteiger partial charge >= 0.3 is 0 Å². The highest BCUT2D eigenvalue weighted by atomic mass is 16.1. The van der Waals surface area contributed by atoms with E-state index in [1.165, 1.54) is 109 Å². The first-order valence-electron chi connectivity index (χ1n) is 16.4. The molecule has 0 radical (unpaired) electrons. The van der Waals surface area contributed by atoms with Crippen molar-refractivity contribution in [1.29, 1.82) is 0 Å². The molecule has 0 aliphatic rings. The first-order valence-corrected chi connectivity index (χ1v) is 16.4. The van der Waals surface area contributed by atoms with Gasteiger partial charge < -0.3 is 4.57 Å². The standard InChI is InChI=1S/C36H55N2O/c1-3-5-7-9-11-13-15-17-21-27-37-28-23-24-32(31-37)35-30-36(39)33-25-19-20-26-34(33)38(35)29-22-18-16-14-12-10-8-6-4-2/h19-20,23-26,28,30-31H,3-18,21-22,27,29H2,1-2H3/q+1. The average Bonchev–Trinajstić information content (AvgIpc) is 2.96. The number of hydrogen-bond donors (Lipinski definition) is 0. The van der Waals surface area contributed by atoms with Crippen LogP contribution in [0.2, 0.25) is 0 Å². The lowest BCUT2D eigenvalue weighted by Crippen LogP contribution is -2.33. The van der Waals surface area contributed by atoms with E-state index in [2.05, 4.69) is 59.6 Å². The molecular formula is C36H55N2O+. The van der Waals surface area contributed by atoms with Gasteiger partial charge in [-0.25, -0.2) is 4.57 Å². The van der Waals surface area contributed by atoms with Gasteiger partial charge in [0.2, 0.25) is 0 Å². The average molecular weight is 532 g/mol. The molecule has 3 aromatic rings. The Balaban J connectivity index is 1.59. The van der Waals surface area contributed by atoms with Crippen LogP contribution in [0.3, 0.4) is 0 Å². The third-order valence-corrected chi connectivity index (χ3v) is 8.18. The molecule has 2 heterocycles. The summed E-state index contributed by atoms with van der Waals surface area (Å²) in [5, 5.41) is 0.829. The molecule has 0 N–H and O–H groups in total. The van der Waals surface area contributed by atoms with E-state index >= 15 is 0 Å². The van der Waals surface area contributed by atoms with E-state index in [1.54, 1.807) is 0 Å². The smallest absolute Gasteiger partial charge is 0.190 e. The Morgan fingerprint density at radius 3 is 1.85 bits per heavy atom. The minimum absolute atomic E-state index is 0.123. The van der Waals surface area contributed by atoms with Gasteiger partial charge in [0.1, 0.15) is 6.54 Å². The second-order valence-electron chi connectivity index (χ2n) is 11.5. The summed E-state index contributed by atoms with van der Waals surface area (Å²) in [5.74, 6) is 0. The van der Waals surface area contributed by atoms with Gasteiger partial charge in [-0.1, -0.05) is 122 Å². The number of para-hydroxylation sites is 1. The van der Waals surface area contributed by atoms with Crippen molar-refractivity contribution >= 4 is 10.9 Å². The third-order valence-electron chi connectivity index (χ3n) is 8.18. The number of hydrogen-bond acceptors (Lipinski definition) is 1. The zero-order valence-corrected chi connectivity index (χ0v) is 25.1. The Bertz CT molecular complexity index is 1130. The number of unbranched alkanes of at least 4 members (excludes halogenated alkanes) is 16. The summed E-state index contributed by atoms with van der Waals surface area (Å²) < 4.78 is 4.72. The van der Waals surface area contributed by atoms with Crippen LogP contribution in [0.25, 0.3) is 22.2 Å². The molecule has 0 unspecified atom stereocenters. The number of pyridine rings is 2. The third kappa shape index (κ3) is 10.9. The molecule has 39 heavy (non-hydrogen) atoms. The zero-order chi connectivity index (χ0) is 27.5. The van der Waals surface area contributed by atoms with Crippen LogP contribution in [0, 0.1) is 0 Å². The normalized spacial score (nSPS) is 11.4. The van der Waals surface area contributed by atoms with Gasteiger partial charge in [0.25, 0.3) is 0 Å². The summed E-state index contributed by atoms with van der Waals surface area (Å²) in [6.07, 6.45) is 28.4. The highest BCUT2D eigenvalue weighted by Gasteiger charge is 2.13. The lowest BCUT2D eigenvalue weighted by Gasteiger charge is -2.17. The van der Waals surface area contributed by atoms with E-state index in [0.29, 0.717) is 0 Å². The van der Waals surface area contributed by atoms with Gasteiger partial charge in [0.05, 0.1) is 16.8 Å². The van der Waals surface area contributed by atoms with E-state index in [1.807, 2.05) is 18.2 Å². The predicted octanol–water partition coefficient (Wildman–Crippen LogP) is 10.0. The van der Waals surface area contributed by atoms with Crippen molar-refractivity contribution in [2.24, 2.45) is 0 Å². The maximum Gasteiger partial charge on any atom is 0.190 e. The highest BCUT2D eigenvalue weighted by Crippen LogP contribution is 2.23. The Hall–Kier alpha value is -2.42. The number of fused-ring (bicyclic) bond motifs is 1. The summed E-state index contributed by atoms with van der Waals surface area (Å²) in [4.78, 5) is 13.1. The van der Waals surface area contributed by atoms with E-state index in [4.69, 9.17) is 0 Å². The van der Waals surface area contributed by atoms with E-state index in [9.17, 15) is 4.79 Å². The molecule has 214 valence electrons. The molecule has 2 aromatic heterocycles. The highest BCUT2D eigenvalue weighted by molar-refractivity contribution is 5.82. The maximum absolute atomic E-state index is 13.1. The Labute approximate surface area is 238 Å². The lowest BCUT2D eigenvalue weighted by molar-refractivity contribution is -0.696. The van der Waals surface area contributed by atoms with Crippen molar-refractivity contribution in [2.45, 2.75) is 143 Å². The van der Waals surface area contributed by atoms with Crippen molar-refractivity contribution < 1.29 is 4.57 Å². The summed E-state index contributed by atoms with van der Waals surface area (Å²) in [5.41, 5.74) is 3.39. The van der Waals surface area contributed by atoms with Crippen molar-refractivity contribution in [1.82, 2.24) is 4.57 Å². The number of rotatable bonds is 21. The van der Waals surface area contributed by atoms with Gasteiger partial charge in [-0.3, -0.25) is 4.79 Å². The fourth-order valence-corrected chi connectivity index (χ4v) is 5.81. The largest absolute Gasteiger partial charge is 0.340 e. The summed E-state index contributed by atoms with van der Waals surface area (Å²) in [6.45, 7) is 6.56. The van der Waals surface area contributed by atoms with E-state index in [-0.39, 0.29) is 5.43 Å². The minimum Gasteiger partial charge on any atom is -0.340 e. The van der Waals surface area contributed by atoms with Crippen LogP contribution < -0.4 is 10.00 Å². The molecule has 0 aliphatic carbocycles. The molecule has 3 rings (SSSR count). The Morgan fingerprint density at radius 1 is 0.641 bits per heavy atom. The van der Waals surface area contributed by atoms with Crippen LogP contribution in [0.1, 0.15) is 129 Å². The second-order valence-corrected chi connectivity index (χ2v) is 11.5. The van der Waals surface area contributed by atoms with Crippen LogP contribution in [0.4, 0.5) is 0 Å². The second kappa shape index (κ2) is 18.8. The van der Waals surface area contributed by atoms with Crippen molar-refractivity contribution in [2.75, 3.05) is 0 Å². The molecule has 0 atom stereocenters. The first kappa shape index (κ1) is 31.1. The number of nitrogens with zero attached hydrogens (tertiary/aromatic N) is 2. The number of aryl methyl sites for hydroxylation is 2. The minimum atomic E-state index is 0.123. The van der Waals surface area contributed by atoms with Crippen LogP contribution in [0.15, 0.2) is 59.7 Å². The Morgan fingerprint density at radius 2 is 1.21 bits per heavy atom. The van der Waals surface area contributed by atoms with Gasteiger partial charge in [-0.05, 0) is 31.0 Å². The summed E-state index contributed by atoms with van der Waals surface area (Å²) in [6, 6.07) is 14.3. The monoisotopic (exact) mass is 531 g/mol. The molecule has 0 amide bonds. The quantitative estimate of drug-likeness (QED) is 0.0991. The molecule has 1 aromatic carbocycles. The summed E-state index contributed by atoms with van der Waals surface area (Å²) in [7, 11) is 0. The van der Waals surface area contributed by atoms with Gasteiger partial charge in [-0.15, -0.1) is 0 Å². The lowest BCUT2D eigenvalue weighted by atomic mass is 10.1. The molecule has 0 saturated carbocycles. The predicted molar refractivity (Wildman–Crippen MR) is 168 cm³/mol. The Kier molecular flexibility index (Phi) is 15.0.